The minimum absolute atomic E-state index is 0.303. The zero-order valence-corrected chi connectivity index (χ0v) is 11.4. The zero-order valence-electron chi connectivity index (χ0n) is 11.4. The van der Waals surface area contributed by atoms with Gasteiger partial charge in [-0.15, -0.1) is 0 Å². The Bertz CT molecular complexity index is 482. The van der Waals surface area contributed by atoms with Crippen LogP contribution in [-0.4, -0.2) is 31.1 Å². The Hall–Kier alpha value is -1.55. The third kappa shape index (κ3) is 2.73. The van der Waals surface area contributed by atoms with Gasteiger partial charge >= 0.3 is 0 Å². The molecule has 2 N–H and O–H groups in total. The molecule has 1 aliphatic heterocycles. The molecule has 2 aliphatic rings. The molecule has 0 radical (unpaired) electrons. The third-order valence-corrected chi connectivity index (χ3v) is 3.90. The number of nitrogens with zero attached hydrogens (tertiary/aromatic N) is 2. The van der Waals surface area contributed by atoms with Gasteiger partial charge < -0.3 is 15.4 Å². The van der Waals surface area contributed by atoms with Crippen LogP contribution in [0.2, 0.25) is 0 Å². The van der Waals surface area contributed by atoms with Crippen molar-refractivity contribution in [3.8, 4) is 0 Å². The molecular weight excluding hydrogens is 238 g/mol. The predicted octanol–water partition coefficient (Wildman–Crippen LogP) is 1.91. The lowest BCUT2D eigenvalue weighted by Crippen LogP contribution is -2.37. The Labute approximate surface area is 114 Å². The molecule has 1 aliphatic carbocycles. The minimum Gasteiger partial charge on any atom is -0.380 e. The van der Waals surface area contributed by atoms with Crippen molar-refractivity contribution < 1.29 is 4.74 Å². The number of methoxy groups -OCH3 is 1. The molecule has 0 spiro atoms. The van der Waals surface area contributed by atoms with Crippen molar-refractivity contribution in [3.05, 3.63) is 35.4 Å². The molecule has 19 heavy (non-hydrogen) atoms. The van der Waals surface area contributed by atoms with E-state index in [4.69, 9.17) is 10.5 Å². The first-order chi connectivity index (χ1) is 9.28. The van der Waals surface area contributed by atoms with Gasteiger partial charge in [0.05, 0.1) is 19.2 Å². The van der Waals surface area contributed by atoms with Gasteiger partial charge in [-0.05, 0) is 29.9 Å². The van der Waals surface area contributed by atoms with E-state index in [0.717, 1.165) is 19.0 Å². The summed E-state index contributed by atoms with van der Waals surface area (Å²) in [7, 11) is 1.72. The molecule has 0 aromatic heterocycles. The predicted molar refractivity (Wildman–Crippen MR) is 75.8 cm³/mol. The topological polar surface area (TPSA) is 50.9 Å². The molecule has 1 unspecified atom stereocenters. The largest absolute Gasteiger partial charge is 0.380 e. The van der Waals surface area contributed by atoms with Gasteiger partial charge in [-0.3, -0.25) is 4.99 Å². The van der Waals surface area contributed by atoms with Crippen LogP contribution in [-0.2, 0) is 11.3 Å². The van der Waals surface area contributed by atoms with Gasteiger partial charge in [-0.1, -0.05) is 24.3 Å². The summed E-state index contributed by atoms with van der Waals surface area (Å²) in [6.07, 6.45) is 2.67. The molecule has 102 valence electrons. The van der Waals surface area contributed by atoms with Crippen molar-refractivity contribution >= 4 is 5.96 Å². The first-order valence-electron chi connectivity index (χ1n) is 6.92. The molecular formula is C15H21N3O. The van der Waals surface area contributed by atoms with Gasteiger partial charge in [0.15, 0.2) is 5.96 Å². The highest BCUT2D eigenvalue weighted by atomic mass is 16.5. The van der Waals surface area contributed by atoms with Crippen LogP contribution in [0.3, 0.4) is 0 Å². The van der Waals surface area contributed by atoms with Gasteiger partial charge in [0.2, 0.25) is 0 Å². The normalized spacial score (nSPS) is 22.7. The molecule has 1 aromatic rings. The lowest BCUT2D eigenvalue weighted by Gasteiger charge is -2.26. The molecule has 3 rings (SSSR count). The number of hydrogen-bond donors (Lipinski definition) is 1. The van der Waals surface area contributed by atoms with Crippen LogP contribution in [0.5, 0.6) is 0 Å². The highest BCUT2D eigenvalue weighted by Crippen LogP contribution is 2.34. The van der Waals surface area contributed by atoms with E-state index in [9.17, 15) is 0 Å². The van der Waals surface area contributed by atoms with Gasteiger partial charge in [0, 0.05) is 13.7 Å². The first-order valence-corrected chi connectivity index (χ1v) is 6.92. The summed E-state index contributed by atoms with van der Waals surface area (Å²) in [4.78, 5) is 6.69. The van der Waals surface area contributed by atoms with E-state index in [2.05, 4.69) is 34.2 Å². The molecule has 4 heteroatoms. The number of hydrogen-bond acceptors (Lipinski definition) is 4. The van der Waals surface area contributed by atoms with E-state index in [-0.39, 0.29) is 0 Å². The summed E-state index contributed by atoms with van der Waals surface area (Å²) >= 11 is 0. The maximum atomic E-state index is 6.03. The lowest BCUT2D eigenvalue weighted by molar-refractivity contribution is 0.184. The second-order valence-electron chi connectivity index (χ2n) is 5.49. The summed E-state index contributed by atoms with van der Waals surface area (Å²) in [5.41, 5.74) is 8.53. The van der Waals surface area contributed by atoms with Crippen molar-refractivity contribution in [2.24, 2.45) is 16.6 Å². The molecule has 1 aromatic carbocycles. The number of guanidine groups is 1. The van der Waals surface area contributed by atoms with Crippen LogP contribution in [0.25, 0.3) is 0 Å². The Morgan fingerprint density at radius 2 is 2.26 bits per heavy atom. The summed E-state index contributed by atoms with van der Waals surface area (Å²) in [5.74, 6) is 1.52. The summed E-state index contributed by atoms with van der Waals surface area (Å²) in [6, 6.07) is 8.86. The molecule has 1 fully saturated rings. The van der Waals surface area contributed by atoms with Crippen molar-refractivity contribution in [1.29, 1.82) is 0 Å². The SMILES string of the molecule is COCc1cccc(C2CN=C(N)N2CC2CC2)c1. The van der Waals surface area contributed by atoms with Gasteiger partial charge in [0.1, 0.15) is 0 Å². The fraction of sp³-hybridized carbons (Fsp3) is 0.533. The lowest BCUT2D eigenvalue weighted by atomic mass is 10.0. The van der Waals surface area contributed by atoms with E-state index in [1.54, 1.807) is 7.11 Å². The number of rotatable bonds is 5. The van der Waals surface area contributed by atoms with Crippen LogP contribution < -0.4 is 5.73 Å². The number of ether oxygens (including phenoxy) is 1. The van der Waals surface area contributed by atoms with E-state index >= 15 is 0 Å². The van der Waals surface area contributed by atoms with E-state index < -0.39 is 0 Å². The maximum Gasteiger partial charge on any atom is 0.191 e. The fourth-order valence-corrected chi connectivity index (χ4v) is 2.67. The first kappa shape index (κ1) is 12.5. The molecule has 1 atom stereocenters. The second-order valence-corrected chi connectivity index (χ2v) is 5.49. The Morgan fingerprint density at radius 3 is 3.00 bits per heavy atom. The highest BCUT2D eigenvalue weighted by molar-refractivity contribution is 5.80. The van der Waals surface area contributed by atoms with E-state index in [0.29, 0.717) is 18.6 Å². The van der Waals surface area contributed by atoms with E-state index in [1.165, 1.54) is 24.0 Å². The van der Waals surface area contributed by atoms with Gasteiger partial charge in [-0.2, -0.15) is 0 Å². The standard InChI is InChI=1S/C15H21N3O/c1-19-10-12-3-2-4-13(7-12)14-8-17-15(16)18(14)9-11-5-6-11/h2-4,7,11,14H,5-6,8-10H2,1H3,(H2,16,17). The monoisotopic (exact) mass is 259 g/mol. The van der Waals surface area contributed by atoms with Crippen molar-refractivity contribution in [2.45, 2.75) is 25.5 Å². The van der Waals surface area contributed by atoms with Crippen molar-refractivity contribution in [1.82, 2.24) is 4.90 Å². The van der Waals surface area contributed by atoms with E-state index in [1.807, 2.05) is 0 Å². The summed E-state index contributed by atoms with van der Waals surface area (Å²) < 4.78 is 5.20. The zero-order chi connectivity index (χ0) is 13.2. The Balaban J connectivity index is 1.78. The van der Waals surface area contributed by atoms with Crippen molar-refractivity contribution in [3.63, 3.8) is 0 Å². The van der Waals surface area contributed by atoms with Crippen LogP contribution in [0.15, 0.2) is 29.3 Å². The molecule has 1 heterocycles. The molecule has 1 saturated carbocycles. The highest BCUT2D eigenvalue weighted by Gasteiger charge is 2.33. The average Bonchev–Trinajstić information content (AvgIpc) is 3.15. The van der Waals surface area contributed by atoms with Gasteiger partial charge in [-0.25, -0.2) is 0 Å². The minimum atomic E-state index is 0.303. The molecule has 4 nitrogen and oxygen atoms in total. The maximum absolute atomic E-state index is 6.03. The number of benzene rings is 1. The second kappa shape index (κ2) is 5.21. The average molecular weight is 259 g/mol. The van der Waals surface area contributed by atoms with Crippen LogP contribution >= 0.6 is 0 Å². The fourth-order valence-electron chi connectivity index (χ4n) is 2.67. The number of aliphatic imine (C=N–C) groups is 1. The number of nitrogens with two attached hydrogens (primary N) is 1. The third-order valence-electron chi connectivity index (χ3n) is 3.90. The quantitative estimate of drug-likeness (QED) is 0.879. The molecule has 0 amide bonds. The van der Waals surface area contributed by atoms with Gasteiger partial charge in [0.25, 0.3) is 0 Å². The van der Waals surface area contributed by atoms with Crippen molar-refractivity contribution in [2.75, 3.05) is 20.2 Å². The smallest absolute Gasteiger partial charge is 0.191 e. The van der Waals surface area contributed by atoms with Crippen LogP contribution in [0, 0.1) is 5.92 Å². The molecule has 0 bridgehead atoms. The Kier molecular flexibility index (Phi) is 3.42. The van der Waals surface area contributed by atoms with Crippen LogP contribution in [0.4, 0.5) is 0 Å². The summed E-state index contributed by atoms with van der Waals surface area (Å²) in [6.45, 7) is 2.48. The van der Waals surface area contributed by atoms with Crippen LogP contribution in [0.1, 0.15) is 30.0 Å². The Morgan fingerprint density at radius 1 is 1.42 bits per heavy atom. The molecule has 0 saturated heterocycles. The summed E-state index contributed by atoms with van der Waals surface area (Å²) in [5, 5.41) is 0.